The topological polar surface area (TPSA) is 74.0 Å². The predicted octanol–water partition coefficient (Wildman–Crippen LogP) is 4.52. The quantitative estimate of drug-likeness (QED) is 0.459. The van der Waals surface area contributed by atoms with E-state index < -0.39 is 5.82 Å². The molecule has 2 heterocycles. The van der Waals surface area contributed by atoms with Gasteiger partial charge >= 0.3 is 0 Å². The largest absolute Gasteiger partial charge is 0.471 e. The number of carbonyl (C=O) groups excluding carboxylic acids is 1. The van der Waals surface area contributed by atoms with E-state index in [1.165, 1.54) is 28.4 Å². The minimum atomic E-state index is -0.520. The maximum atomic E-state index is 13.2. The molecule has 2 aromatic heterocycles. The molecule has 0 radical (unpaired) electrons. The van der Waals surface area contributed by atoms with E-state index in [-0.39, 0.29) is 23.4 Å². The number of benzene rings is 2. The van der Waals surface area contributed by atoms with Crippen molar-refractivity contribution >= 4 is 23.3 Å². The molecule has 0 fully saturated rings. The fraction of sp³-hybridized carbons (Fsp3) is 0.136. The lowest BCUT2D eigenvalue weighted by Crippen LogP contribution is -2.15. The fourth-order valence-corrected chi connectivity index (χ4v) is 3.13. The molecule has 2 aromatic carbocycles. The molecule has 158 valence electrons. The Morgan fingerprint density at radius 2 is 1.94 bits per heavy atom. The molecule has 7 nitrogen and oxygen atoms in total. The van der Waals surface area contributed by atoms with Gasteiger partial charge in [0.25, 0.3) is 5.91 Å². The summed E-state index contributed by atoms with van der Waals surface area (Å²) in [7, 11) is 0. The minimum Gasteiger partial charge on any atom is -0.471 e. The lowest BCUT2D eigenvalue weighted by atomic mass is 10.1. The maximum Gasteiger partial charge on any atom is 0.277 e. The molecule has 0 spiro atoms. The Bertz CT molecular complexity index is 1220. The number of nitrogens with one attached hydrogen (secondary N) is 1. The molecular weight excluding hydrogens is 421 g/mol. The SMILES string of the molecule is Cc1cccc(Cn2ccc(NC(=O)c3ccn(COc4ccc(F)c(Cl)c4)n3)n2)c1. The van der Waals surface area contributed by atoms with Crippen LogP contribution in [-0.4, -0.2) is 25.5 Å². The van der Waals surface area contributed by atoms with E-state index in [4.69, 9.17) is 16.3 Å². The molecule has 9 heteroatoms. The number of ether oxygens (including phenoxy) is 1. The lowest BCUT2D eigenvalue weighted by molar-refractivity contribution is 0.101. The second-order valence-corrected chi connectivity index (χ2v) is 7.34. The molecule has 31 heavy (non-hydrogen) atoms. The number of hydrogen-bond acceptors (Lipinski definition) is 4. The maximum absolute atomic E-state index is 13.2. The molecule has 0 aliphatic carbocycles. The van der Waals surface area contributed by atoms with Gasteiger partial charge in [-0.1, -0.05) is 41.4 Å². The van der Waals surface area contributed by atoms with Crippen molar-refractivity contribution < 1.29 is 13.9 Å². The molecular formula is C22H19ClFN5O2. The van der Waals surface area contributed by atoms with Gasteiger partial charge in [0.1, 0.15) is 11.6 Å². The molecule has 0 saturated heterocycles. The molecule has 1 amide bonds. The number of aromatic nitrogens is 4. The van der Waals surface area contributed by atoms with Crippen LogP contribution in [0.2, 0.25) is 5.02 Å². The van der Waals surface area contributed by atoms with E-state index in [0.717, 1.165) is 5.56 Å². The summed E-state index contributed by atoms with van der Waals surface area (Å²) in [4.78, 5) is 12.5. The van der Waals surface area contributed by atoms with Crippen molar-refractivity contribution in [2.24, 2.45) is 0 Å². The summed E-state index contributed by atoms with van der Waals surface area (Å²) in [6.07, 6.45) is 3.41. The molecule has 1 N–H and O–H groups in total. The lowest BCUT2D eigenvalue weighted by Gasteiger charge is -2.06. The van der Waals surface area contributed by atoms with Crippen molar-refractivity contribution in [3.8, 4) is 5.75 Å². The van der Waals surface area contributed by atoms with Crippen LogP contribution in [0.1, 0.15) is 21.6 Å². The summed E-state index contributed by atoms with van der Waals surface area (Å²) in [5, 5.41) is 11.3. The zero-order valence-electron chi connectivity index (χ0n) is 16.6. The molecule has 0 bridgehead atoms. The minimum absolute atomic E-state index is 0.0279. The third-order valence-corrected chi connectivity index (χ3v) is 4.73. The van der Waals surface area contributed by atoms with Gasteiger partial charge in [0.2, 0.25) is 0 Å². The molecule has 0 aliphatic heterocycles. The summed E-state index contributed by atoms with van der Waals surface area (Å²) in [6, 6.07) is 15.5. The number of rotatable bonds is 7. The van der Waals surface area contributed by atoms with Gasteiger partial charge in [-0.05, 0) is 30.7 Å². The Balaban J connectivity index is 1.33. The number of hydrogen-bond donors (Lipinski definition) is 1. The normalized spacial score (nSPS) is 10.8. The van der Waals surface area contributed by atoms with Crippen LogP contribution in [0.25, 0.3) is 0 Å². The summed E-state index contributed by atoms with van der Waals surface area (Å²) in [6.45, 7) is 2.69. The second-order valence-electron chi connectivity index (χ2n) is 6.93. The molecule has 0 aliphatic rings. The molecule has 0 unspecified atom stereocenters. The second kappa shape index (κ2) is 9.01. The smallest absolute Gasteiger partial charge is 0.277 e. The third kappa shape index (κ3) is 5.29. The molecule has 4 rings (SSSR count). The van der Waals surface area contributed by atoms with Crippen LogP contribution in [0.5, 0.6) is 5.75 Å². The zero-order chi connectivity index (χ0) is 21.8. The summed E-state index contributed by atoms with van der Waals surface area (Å²) < 4.78 is 21.9. The highest BCUT2D eigenvalue weighted by Crippen LogP contribution is 2.21. The average Bonchev–Trinajstić information content (AvgIpc) is 3.38. The van der Waals surface area contributed by atoms with Crippen molar-refractivity contribution in [1.82, 2.24) is 19.6 Å². The van der Waals surface area contributed by atoms with Gasteiger partial charge < -0.3 is 10.1 Å². The number of amides is 1. The highest BCUT2D eigenvalue weighted by atomic mass is 35.5. The summed E-state index contributed by atoms with van der Waals surface area (Å²) >= 11 is 5.73. The van der Waals surface area contributed by atoms with Crippen LogP contribution in [0.4, 0.5) is 10.2 Å². The Morgan fingerprint density at radius 3 is 2.74 bits per heavy atom. The van der Waals surface area contributed by atoms with Gasteiger partial charge in [0.05, 0.1) is 11.6 Å². The van der Waals surface area contributed by atoms with Crippen molar-refractivity contribution in [2.75, 3.05) is 5.32 Å². The van der Waals surface area contributed by atoms with Gasteiger partial charge in [0, 0.05) is 24.5 Å². The number of nitrogens with zero attached hydrogens (tertiary/aromatic N) is 4. The van der Waals surface area contributed by atoms with Gasteiger partial charge in [-0.3, -0.25) is 9.48 Å². The standard InChI is InChI=1S/C22H19ClFN5O2/c1-15-3-2-4-16(11-15)13-28-10-8-21(27-28)25-22(30)20-7-9-29(26-20)14-31-17-5-6-19(24)18(23)12-17/h2-12H,13-14H2,1H3,(H,25,27,30). The van der Waals surface area contributed by atoms with Crippen LogP contribution in [0.3, 0.4) is 0 Å². The monoisotopic (exact) mass is 439 g/mol. The molecule has 0 atom stereocenters. The van der Waals surface area contributed by atoms with Crippen LogP contribution in [-0.2, 0) is 13.3 Å². The van der Waals surface area contributed by atoms with Crippen LogP contribution in [0, 0.1) is 12.7 Å². The highest BCUT2D eigenvalue weighted by molar-refractivity contribution is 6.30. The van der Waals surface area contributed by atoms with E-state index in [1.807, 2.05) is 25.1 Å². The van der Waals surface area contributed by atoms with E-state index in [0.29, 0.717) is 18.1 Å². The number of halogens is 2. The first-order valence-corrected chi connectivity index (χ1v) is 9.86. The van der Waals surface area contributed by atoms with Crippen LogP contribution in [0.15, 0.2) is 67.0 Å². The summed E-state index contributed by atoms with van der Waals surface area (Å²) in [5.74, 6) is -0.0748. The van der Waals surface area contributed by atoms with E-state index in [9.17, 15) is 9.18 Å². The van der Waals surface area contributed by atoms with E-state index in [1.54, 1.807) is 29.2 Å². The first-order chi connectivity index (χ1) is 15.0. The van der Waals surface area contributed by atoms with Crippen LogP contribution < -0.4 is 10.1 Å². The van der Waals surface area contributed by atoms with Gasteiger partial charge in [-0.25, -0.2) is 9.07 Å². The Hall–Kier alpha value is -3.65. The van der Waals surface area contributed by atoms with Crippen LogP contribution >= 0.6 is 11.6 Å². The Labute approximate surface area is 183 Å². The van der Waals surface area contributed by atoms with E-state index >= 15 is 0 Å². The predicted molar refractivity (Wildman–Crippen MR) is 115 cm³/mol. The van der Waals surface area contributed by atoms with Crippen molar-refractivity contribution in [3.63, 3.8) is 0 Å². The first-order valence-electron chi connectivity index (χ1n) is 9.48. The van der Waals surface area contributed by atoms with Gasteiger partial charge in [-0.15, -0.1) is 0 Å². The number of anilines is 1. The first kappa shape index (κ1) is 20.6. The van der Waals surface area contributed by atoms with Gasteiger partial charge in [0.15, 0.2) is 18.2 Å². The molecule has 0 saturated carbocycles. The van der Waals surface area contributed by atoms with E-state index in [2.05, 4.69) is 21.6 Å². The average molecular weight is 440 g/mol. The summed E-state index contributed by atoms with van der Waals surface area (Å²) in [5.41, 5.74) is 2.52. The number of aryl methyl sites for hydroxylation is 1. The fourth-order valence-electron chi connectivity index (χ4n) is 2.96. The number of carbonyl (C=O) groups is 1. The Morgan fingerprint density at radius 1 is 1.10 bits per heavy atom. The van der Waals surface area contributed by atoms with Crippen molar-refractivity contribution in [1.29, 1.82) is 0 Å². The third-order valence-electron chi connectivity index (χ3n) is 4.44. The van der Waals surface area contributed by atoms with Crippen molar-refractivity contribution in [3.05, 3.63) is 94.7 Å². The zero-order valence-corrected chi connectivity index (χ0v) is 17.4. The van der Waals surface area contributed by atoms with Gasteiger partial charge in [-0.2, -0.15) is 10.2 Å². The Kier molecular flexibility index (Phi) is 5.99. The van der Waals surface area contributed by atoms with Crippen molar-refractivity contribution in [2.45, 2.75) is 20.2 Å². The molecule has 4 aromatic rings. The highest BCUT2D eigenvalue weighted by Gasteiger charge is 2.12.